The topological polar surface area (TPSA) is 108 Å². The summed E-state index contributed by atoms with van der Waals surface area (Å²) in [5.41, 5.74) is 0.578. The third kappa shape index (κ3) is 6.68. The van der Waals surface area contributed by atoms with Crippen LogP contribution in [0.1, 0.15) is 18.4 Å². The fourth-order valence-corrected chi connectivity index (χ4v) is 4.75. The van der Waals surface area contributed by atoms with E-state index < -0.39 is 45.5 Å². The van der Waals surface area contributed by atoms with Gasteiger partial charge in [0.2, 0.25) is 5.91 Å². The maximum atomic E-state index is 13.1. The van der Waals surface area contributed by atoms with Gasteiger partial charge in [0.25, 0.3) is 10.0 Å². The lowest BCUT2D eigenvalue weighted by molar-refractivity contribution is -0.137. The van der Waals surface area contributed by atoms with Gasteiger partial charge in [-0.3, -0.25) is 9.52 Å². The highest BCUT2D eigenvalue weighted by atomic mass is 32.2. The first kappa shape index (κ1) is 28.8. The Morgan fingerprint density at radius 2 is 1.60 bits per heavy atom. The van der Waals surface area contributed by atoms with Crippen molar-refractivity contribution in [2.45, 2.75) is 30.8 Å². The van der Waals surface area contributed by atoms with Crippen molar-refractivity contribution in [3.8, 4) is 11.1 Å². The summed E-state index contributed by atoms with van der Waals surface area (Å²) in [5, 5.41) is 4.96. The summed E-state index contributed by atoms with van der Waals surface area (Å²) < 4.78 is 89.1. The van der Waals surface area contributed by atoms with Crippen molar-refractivity contribution in [2.75, 3.05) is 21.5 Å². The number of nitrogens with zero attached hydrogens (tertiary/aromatic N) is 1. The Hall–Kier alpha value is -4.20. The first-order valence-corrected chi connectivity index (χ1v) is 13.5. The van der Waals surface area contributed by atoms with E-state index in [2.05, 4.69) is 10.6 Å². The second-order valence-corrected chi connectivity index (χ2v) is 10.5. The third-order valence-corrected chi connectivity index (χ3v) is 7.09. The molecule has 0 saturated carbocycles. The highest BCUT2D eigenvalue weighted by Crippen LogP contribution is 2.32. The van der Waals surface area contributed by atoms with Crippen LogP contribution in [0.2, 0.25) is 0 Å². The second-order valence-electron chi connectivity index (χ2n) is 8.86. The summed E-state index contributed by atoms with van der Waals surface area (Å²) in [6, 6.07) is 14.7. The average molecular weight is 583 g/mol. The van der Waals surface area contributed by atoms with E-state index in [-0.39, 0.29) is 11.4 Å². The molecule has 40 heavy (non-hydrogen) atoms. The Labute approximate surface area is 226 Å². The molecule has 0 aliphatic carbocycles. The lowest BCUT2D eigenvalue weighted by Gasteiger charge is -2.32. The number of alkyl halides is 5. The molecule has 3 amide bonds. The van der Waals surface area contributed by atoms with Crippen molar-refractivity contribution in [3.05, 3.63) is 78.4 Å². The molecule has 8 nitrogen and oxygen atoms in total. The highest BCUT2D eigenvalue weighted by Gasteiger charge is 2.32. The summed E-state index contributed by atoms with van der Waals surface area (Å²) in [7, 11) is -4.88. The molecular formula is C26H23F5N4O4S. The lowest BCUT2D eigenvalue weighted by atomic mass is 10.0. The number of hydrogen-bond acceptors (Lipinski definition) is 4. The van der Waals surface area contributed by atoms with Gasteiger partial charge in [0, 0.05) is 23.5 Å². The molecule has 0 radical (unpaired) electrons. The average Bonchev–Trinajstić information content (AvgIpc) is 2.90. The lowest BCUT2D eigenvalue weighted by Crippen LogP contribution is -2.53. The molecule has 4 rings (SSSR count). The number of carbonyl (C=O) groups excluding carboxylic acids is 2. The Bertz CT molecular complexity index is 1480. The molecule has 1 aliphatic heterocycles. The minimum Gasteiger partial charge on any atom is -0.326 e. The summed E-state index contributed by atoms with van der Waals surface area (Å²) in [4.78, 5) is 27.0. The van der Waals surface area contributed by atoms with E-state index >= 15 is 0 Å². The zero-order valence-electron chi connectivity index (χ0n) is 20.6. The molecule has 212 valence electrons. The molecule has 14 heteroatoms. The highest BCUT2D eigenvalue weighted by molar-refractivity contribution is 7.93. The van der Waals surface area contributed by atoms with E-state index in [1.807, 2.05) is 4.72 Å². The van der Waals surface area contributed by atoms with Gasteiger partial charge in [-0.2, -0.15) is 22.0 Å². The molecule has 3 N–H and O–H groups in total. The van der Waals surface area contributed by atoms with Gasteiger partial charge in [0.05, 0.1) is 11.3 Å². The number of carbonyl (C=O) groups is 2. The number of hydrogen-bond donors (Lipinski definition) is 3. The number of urea groups is 1. The van der Waals surface area contributed by atoms with Gasteiger partial charge < -0.3 is 15.5 Å². The van der Waals surface area contributed by atoms with Crippen molar-refractivity contribution in [1.29, 1.82) is 0 Å². The zero-order valence-corrected chi connectivity index (χ0v) is 21.4. The van der Waals surface area contributed by atoms with Crippen LogP contribution in [0.5, 0.6) is 0 Å². The van der Waals surface area contributed by atoms with E-state index in [1.54, 1.807) is 36.4 Å². The molecular weight excluding hydrogens is 559 g/mol. The van der Waals surface area contributed by atoms with Crippen molar-refractivity contribution < 1.29 is 40.0 Å². The summed E-state index contributed by atoms with van der Waals surface area (Å²) in [5.74, 6) is -4.00. The summed E-state index contributed by atoms with van der Waals surface area (Å²) in [6.45, 7) is 0.363. The molecule has 1 heterocycles. The van der Waals surface area contributed by atoms with Gasteiger partial charge >= 0.3 is 18.0 Å². The second kappa shape index (κ2) is 11.5. The molecule has 0 unspecified atom stereocenters. The standard InChI is InChI=1S/C26H23F5N4O4S/c27-24(28)40(38,39)34-21-5-2-1-4-20(21)16-7-13-19(14-8-16)35-15-3-6-22(23(35)36)33-25(37)32-18-11-9-17(10-12-18)26(29,30)31/h1-2,4-5,7-14,22,24,34H,3,6,15H2,(H2,32,33,37)/t22-/m1/s1. The van der Waals surface area contributed by atoms with Crippen molar-refractivity contribution in [3.63, 3.8) is 0 Å². The monoisotopic (exact) mass is 582 g/mol. The minimum absolute atomic E-state index is 0.0343. The van der Waals surface area contributed by atoms with Crippen LogP contribution in [-0.2, 0) is 21.0 Å². The normalized spacial score (nSPS) is 16.1. The number of para-hydroxylation sites is 1. The van der Waals surface area contributed by atoms with Gasteiger partial charge in [-0.05, 0) is 60.9 Å². The molecule has 1 saturated heterocycles. The van der Waals surface area contributed by atoms with Crippen LogP contribution in [0.25, 0.3) is 11.1 Å². The van der Waals surface area contributed by atoms with Crippen LogP contribution in [0.3, 0.4) is 0 Å². The summed E-state index contributed by atoms with van der Waals surface area (Å²) >= 11 is 0. The zero-order chi connectivity index (χ0) is 29.1. The quantitative estimate of drug-likeness (QED) is 0.313. The maximum Gasteiger partial charge on any atom is 0.416 e. The number of rotatable bonds is 7. The van der Waals surface area contributed by atoms with Crippen LogP contribution in [0.15, 0.2) is 72.8 Å². The first-order valence-electron chi connectivity index (χ1n) is 11.9. The number of halogens is 5. The van der Waals surface area contributed by atoms with Crippen molar-refractivity contribution in [2.24, 2.45) is 0 Å². The van der Waals surface area contributed by atoms with Crippen LogP contribution in [0, 0.1) is 0 Å². The number of amides is 3. The number of benzene rings is 3. The fourth-order valence-electron chi connectivity index (χ4n) is 4.18. The first-order chi connectivity index (χ1) is 18.8. The van der Waals surface area contributed by atoms with Gasteiger partial charge in [0.15, 0.2) is 0 Å². The van der Waals surface area contributed by atoms with Crippen LogP contribution >= 0.6 is 0 Å². The van der Waals surface area contributed by atoms with Gasteiger partial charge in [0.1, 0.15) is 6.04 Å². The number of anilines is 3. The Kier molecular flexibility index (Phi) is 8.28. The molecule has 1 aliphatic rings. The Morgan fingerprint density at radius 3 is 2.23 bits per heavy atom. The van der Waals surface area contributed by atoms with E-state index in [1.165, 1.54) is 17.0 Å². The van der Waals surface area contributed by atoms with Gasteiger partial charge in [-0.25, -0.2) is 13.2 Å². The van der Waals surface area contributed by atoms with E-state index in [9.17, 15) is 40.0 Å². The SMILES string of the molecule is O=C(Nc1ccc(C(F)(F)F)cc1)N[C@@H]1CCCN(c2ccc(-c3ccccc3NS(=O)(=O)C(F)F)cc2)C1=O. The predicted molar refractivity (Wildman–Crippen MR) is 139 cm³/mol. The van der Waals surface area contributed by atoms with E-state index in [4.69, 9.17) is 0 Å². The Morgan fingerprint density at radius 1 is 0.950 bits per heavy atom. The van der Waals surface area contributed by atoms with Crippen LogP contribution in [0.4, 0.5) is 43.8 Å². The molecule has 3 aromatic rings. The molecule has 0 bridgehead atoms. The maximum absolute atomic E-state index is 13.1. The molecule has 1 fully saturated rings. The number of nitrogens with one attached hydrogen (secondary N) is 3. The van der Waals surface area contributed by atoms with Gasteiger partial charge in [-0.15, -0.1) is 0 Å². The van der Waals surface area contributed by atoms with Crippen LogP contribution in [-0.4, -0.2) is 38.7 Å². The fraction of sp³-hybridized carbons (Fsp3) is 0.231. The van der Waals surface area contributed by atoms with Crippen molar-refractivity contribution >= 4 is 39.0 Å². The van der Waals surface area contributed by atoms with Crippen molar-refractivity contribution in [1.82, 2.24) is 5.32 Å². The van der Waals surface area contributed by atoms with E-state index in [0.29, 0.717) is 36.2 Å². The molecule has 3 aromatic carbocycles. The molecule has 0 spiro atoms. The van der Waals surface area contributed by atoms with Crippen LogP contribution < -0.4 is 20.3 Å². The van der Waals surface area contributed by atoms with E-state index in [0.717, 1.165) is 24.3 Å². The molecule has 0 aromatic heterocycles. The largest absolute Gasteiger partial charge is 0.416 e. The van der Waals surface area contributed by atoms with Gasteiger partial charge in [-0.1, -0.05) is 30.3 Å². The number of piperidine rings is 1. The third-order valence-electron chi connectivity index (χ3n) is 6.12. The molecule has 1 atom stereocenters. The summed E-state index contributed by atoms with van der Waals surface area (Å²) in [6.07, 6.45) is -3.60. The minimum atomic E-state index is -4.88. The predicted octanol–water partition coefficient (Wildman–Crippen LogP) is 5.65. The Balaban J connectivity index is 1.43. The number of sulfonamides is 1. The smallest absolute Gasteiger partial charge is 0.326 e.